The molecule has 1 aliphatic rings. The van der Waals surface area contributed by atoms with Crippen LogP contribution in [0.1, 0.15) is 0 Å². The van der Waals surface area contributed by atoms with Gasteiger partial charge >= 0.3 is 20.1 Å². The minimum absolute atomic E-state index is 0. The van der Waals surface area contributed by atoms with Crippen LogP contribution in [-0.4, -0.2) is 26.3 Å². The van der Waals surface area contributed by atoms with Gasteiger partial charge in [0, 0.05) is 28.7 Å². The average Bonchev–Trinajstić information content (AvgIpc) is 3.58. The van der Waals surface area contributed by atoms with Gasteiger partial charge in [0.05, 0.1) is 11.0 Å². The molecule has 0 N–H and O–H groups in total. The van der Waals surface area contributed by atoms with Crippen molar-refractivity contribution in [3.8, 4) is 0 Å². The van der Waals surface area contributed by atoms with Gasteiger partial charge in [-0.1, -0.05) is 36.4 Å². The van der Waals surface area contributed by atoms with E-state index < -0.39 is 0 Å². The second-order valence-corrected chi connectivity index (χ2v) is 9.00. The van der Waals surface area contributed by atoms with Gasteiger partial charge in [0.2, 0.25) is 0 Å². The van der Waals surface area contributed by atoms with Crippen molar-refractivity contribution in [3.05, 3.63) is 129 Å². The molecule has 0 saturated heterocycles. The Morgan fingerprint density at radius 1 is 0.789 bits per heavy atom. The van der Waals surface area contributed by atoms with Crippen LogP contribution in [0.5, 0.6) is 0 Å². The van der Waals surface area contributed by atoms with Crippen molar-refractivity contribution in [3.63, 3.8) is 0 Å². The van der Waals surface area contributed by atoms with Gasteiger partial charge in [-0.3, -0.25) is 4.98 Å². The smallest absolute Gasteiger partial charge is 0.510 e. The van der Waals surface area contributed by atoms with Crippen LogP contribution in [0.3, 0.4) is 0 Å². The van der Waals surface area contributed by atoms with Crippen LogP contribution < -0.4 is 4.90 Å². The average molecular weight is 669 g/mol. The first-order chi connectivity index (χ1) is 18.3. The number of pyridine rings is 3. The molecule has 5 heterocycles. The van der Waals surface area contributed by atoms with Crippen molar-refractivity contribution in [1.29, 1.82) is 0 Å². The Labute approximate surface area is 234 Å². The van der Waals surface area contributed by atoms with Gasteiger partial charge in [0.25, 0.3) is 0 Å². The summed E-state index contributed by atoms with van der Waals surface area (Å²) in [6, 6.07) is 35.4. The summed E-state index contributed by atoms with van der Waals surface area (Å²) in [6.45, 7) is 2.01. The maximum Gasteiger partial charge on any atom is 3.00 e. The first-order valence-electron chi connectivity index (χ1n) is 12.1. The fourth-order valence-electron chi connectivity index (χ4n) is 4.99. The van der Waals surface area contributed by atoms with Crippen LogP contribution in [0.2, 0.25) is 0 Å². The molecule has 8 rings (SSSR count). The summed E-state index contributed by atoms with van der Waals surface area (Å²) >= 11 is 0. The number of nitrogens with zero attached hydrogens (tertiary/aromatic N) is 5. The Morgan fingerprint density at radius 2 is 1.61 bits per heavy atom. The van der Waals surface area contributed by atoms with Crippen molar-refractivity contribution >= 4 is 54.8 Å². The molecule has 0 bridgehead atoms. The van der Waals surface area contributed by atoms with Gasteiger partial charge in [0.15, 0.2) is 0 Å². The Kier molecular flexibility index (Phi) is 6.28. The van der Waals surface area contributed by atoms with Gasteiger partial charge in [0.1, 0.15) is 0 Å². The van der Waals surface area contributed by atoms with E-state index in [0.717, 1.165) is 49.3 Å². The molecule has 5 nitrogen and oxygen atoms in total. The normalized spacial score (nSPS) is 12.9. The number of benzene rings is 3. The number of hydrogen-bond donors (Lipinski definition) is 0. The molecule has 3 aromatic carbocycles. The predicted molar refractivity (Wildman–Crippen MR) is 151 cm³/mol. The van der Waals surface area contributed by atoms with E-state index in [1.54, 1.807) is 0 Å². The monoisotopic (exact) mass is 669 g/mol. The van der Waals surface area contributed by atoms with E-state index in [2.05, 4.69) is 75.0 Å². The number of para-hydroxylation sites is 3. The van der Waals surface area contributed by atoms with Crippen molar-refractivity contribution in [2.75, 3.05) is 11.9 Å². The maximum absolute atomic E-state index is 4.68. The number of rotatable bonds is 1. The van der Waals surface area contributed by atoms with E-state index in [9.17, 15) is 0 Å². The molecule has 4 aromatic heterocycles. The zero-order valence-electron chi connectivity index (χ0n) is 20.5. The Bertz CT molecular complexity index is 1940. The van der Waals surface area contributed by atoms with Crippen LogP contribution in [0.4, 0.5) is 5.69 Å². The minimum atomic E-state index is 0. The summed E-state index contributed by atoms with van der Waals surface area (Å²) in [7, 11) is 2.00. The summed E-state index contributed by atoms with van der Waals surface area (Å²) < 4.78 is 2.28. The third-order valence-corrected chi connectivity index (χ3v) is 6.65. The maximum atomic E-state index is 4.68. The van der Waals surface area contributed by atoms with Gasteiger partial charge in [-0.15, -0.1) is 29.3 Å². The van der Waals surface area contributed by atoms with Crippen molar-refractivity contribution in [2.24, 2.45) is 0 Å². The quantitative estimate of drug-likeness (QED) is 0.140. The van der Waals surface area contributed by atoms with Crippen LogP contribution in [0, 0.1) is 18.8 Å². The summed E-state index contributed by atoms with van der Waals surface area (Å²) in [4.78, 5) is 13.4. The number of aromatic nitrogens is 3. The first-order valence-corrected chi connectivity index (χ1v) is 12.1. The Morgan fingerprint density at radius 3 is 2.45 bits per heavy atom. The molecule has 0 amide bonds. The van der Waals surface area contributed by atoms with E-state index in [1.807, 2.05) is 84.7 Å². The largest absolute Gasteiger partial charge is 3.00 e. The predicted octanol–water partition coefficient (Wildman–Crippen LogP) is 6.97. The Balaban J connectivity index is 0.000000172. The molecule has 0 aliphatic carbocycles. The van der Waals surface area contributed by atoms with Gasteiger partial charge in [-0.05, 0) is 48.0 Å². The van der Waals surface area contributed by atoms with Crippen LogP contribution in [-0.2, 0) is 20.1 Å². The summed E-state index contributed by atoms with van der Waals surface area (Å²) in [5.74, 6) is 0. The van der Waals surface area contributed by atoms with Crippen LogP contribution >= 0.6 is 0 Å². The molecule has 0 fully saturated rings. The Hall–Kier alpha value is -4.25. The molecule has 0 saturated carbocycles. The van der Waals surface area contributed by atoms with Crippen LogP contribution in [0.25, 0.3) is 49.1 Å². The van der Waals surface area contributed by atoms with Crippen LogP contribution in [0.15, 0.2) is 110 Å². The van der Waals surface area contributed by atoms with E-state index in [-0.39, 0.29) is 20.1 Å². The topological polar surface area (TPSA) is 36.7 Å². The zero-order valence-corrected chi connectivity index (χ0v) is 22.9. The molecule has 6 heteroatoms. The molecule has 1 aliphatic heterocycles. The fraction of sp³-hybridized carbons (Fsp3) is 0.0312. The SMILES string of the molecule is CN1C=CN(c2[c-]cccc2)[CH-]1.[Ir+3].[c-]1c2ccccc2n2c1c1ncccc1c1cnc3ccccc3c12. The van der Waals surface area contributed by atoms with Crippen molar-refractivity contribution in [2.45, 2.75) is 0 Å². The van der Waals surface area contributed by atoms with E-state index in [0.29, 0.717) is 0 Å². The van der Waals surface area contributed by atoms with E-state index in [1.165, 1.54) is 5.52 Å². The zero-order chi connectivity index (χ0) is 24.8. The van der Waals surface area contributed by atoms with Gasteiger partial charge in [-0.2, -0.15) is 37.0 Å². The molecule has 0 atom stereocenters. The molecule has 0 spiro atoms. The van der Waals surface area contributed by atoms with Gasteiger partial charge < -0.3 is 19.2 Å². The van der Waals surface area contributed by atoms with E-state index >= 15 is 0 Å². The molecular weight excluding hydrogens is 647 g/mol. The standard InChI is InChI=1S/C22H12N3.C10H10N2.Ir/c1-4-10-19-14(6-1)12-20-21-15(8-5-11-23-21)17-13-24-18-9-3-2-7-16(18)22(17)25(19)20;1-11-7-8-12(9-11)10-5-3-2-4-6-10;/h1-11,13H;2-5,7-9H,1H3;/q-1;-2;+3. The third-order valence-electron chi connectivity index (χ3n) is 6.65. The first kappa shape index (κ1) is 24.1. The second kappa shape index (κ2) is 9.90. The summed E-state index contributed by atoms with van der Waals surface area (Å²) in [5.41, 5.74) is 6.35. The number of fused-ring (bicyclic) bond motifs is 10. The molecule has 7 aromatic rings. The minimum Gasteiger partial charge on any atom is -0.510 e. The van der Waals surface area contributed by atoms with E-state index in [4.69, 9.17) is 0 Å². The third kappa shape index (κ3) is 3.99. The molecule has 0 unspecified atom stereocenters. The molecular formula is C32H22IrN5. The summed E-state index contributed by atoms with van der Waals surface area (Å²) in [5, 5.41) is 4.47. The molecule has 184 valence electrons. The number of anilines is 1. The number of hydrogen-bond acceptors (Lipinski definition) is 4. The van der Waals surface area contributed by atoms with Crippen molar-refractivity contribution in [1.82, 2.24) is 19.3 Å². The van der Waals surface area contributed by atoms with Crippen molar-refractivity contribution < 1.29 is 20.1 Å². The molecule has 38 heavy (non-hydrogen) atoms. The second-order valence-electron chi connectivity index (χ2n) is 9.00. The fourth-order valence-corrected chi connectivity index (χ4v) is 4.99. The summed E-state index contributed by atoms with van der Waals surface area (Å²) in [6.07, 6.45) is 7.82. The molecule has 0 radical (unpaired) electrons. The van der Waals surface area contributed by atoms with Gasteiger partial charge in [-0.25, -0.2) is 0 Å².